The molecule has 0 spiro atoms. The third-order valence-electron chi connectivity index (χ3n) is 2.92. The first-order valence-corrected chi connectivity index (χ1v) is 4.82. The van der Waals surface area contributed by atoms with Gasteiger partial charge in [-0.25, -0.2) is 0 Å². The third kappa shape index (κ3) is 2.22. The summed E-state index contributed by atoms with van der Waals surface area (Å²) in [7, 11) is 0. The van der Waals surface area contributed by atoms with Crippen LogP contribution in [0, 0.1) is 11.3 Å². The summed E-state index contributed by atoms with van der Waals surface area (Å²) in [5, 5.41) is 0. The van der Waals surface area contributed by atoms with Gasteiger partial charge in [0.25, 0.3) is 0 Å². The van der Waals surface area contributed by atoms with E-state index >= 15 is 0 Å². The van der Waals surface area contributed by atoms with Gasteiger partial charge in [0.15, 0.2) is 5.78 Å². The Bertz CT molecular complexity index is 302. The van der Waals surface area contributed by atoms with Crippen LogP contribution in [0.1, 0.15) is 33.6 Å². The van der Waals surface area contributed by atoms with Gasteiger partial charge < -0.3 is 5.73 Å². The number of nitrogens with two attached hydrogens (primary N) is 1. The molecule has 14 heavy (non-hydrogen) atoms. The first kappa shape index (κ1) is 11.0. The maximum atomic E-state index is 11.3. The van der Waals surface area contributed by atoms with Gasteiger partial charge in [-0.2, -0.15) is 0 Å². The number of primary amides is 1. The summed E-state index contributed by atoms with van der Waals surface area (Å²) in [6.45, 7) is 5.91. The number of carbonyl (C=O) groups is 2. The molecular weight excluding hydrogens is 178 g/mol. The quantitative estimate of drug-likeness (QED) is 0.724. The number of allylic oxidation sites excluding steroid dienone is 2. The lowest BCUT2D eigenvalue weighted by molar-refractivity contribution is -0.122. The van der Waals surface area contributed by atoms with Crippen LogP contribution in [0.15, 0.2) is 11.6 Å². The molecule has 0 heterocycles. The zero-order valence-electron chi connectivity index (χ0n) is 8.96. The second kappa shape index (κ2) is 3.56. The zero-order chi connectivity index (χ0) is 10.9. The van der Waals surface area contributed by atoms with Crippen LogP contribution in [0.2, 0.25) is 0 Å². The highest BCUT2D eigenvalue weighted by Crippen LogP contribution is 2.41. The maximum absolute atomic E-state index is 11.3. The van der Waals surface area contributed by atoms with E-state index in [1.807, 2.05) is 20.8 Å². The number of hydrogen-bond donors (Lipinski definition) is 1. The van der Waals surface area contributed by atoms with Crippen LogP contribution in [0.5, 0.6) is 0 Å². The molecule has 0 saturated carbocycles. The number of amides is 1. The summed E-state index contributed by atoms with van der Waals surface area (Å²) < 4.78 is 0. The molecule has 3 nitrogen and oxygen atoms in total. The Morgan fingerprint density at radius 3 is 2.64 bits per heavy atom. The van der Waals surface area contributed by atoms with Crippen molar-refractivity contribution in [1.82, 2.24) is 0 Å². The molecule has 78 valence electrons. The predicted octanol–water partition coefficient (Wildman–Crippen LogP) is 1.42. The topological polar surface area (TPSA) is 60.2 Å². The Labute approximate surface area is 84.4 Å². The van der Waals surface area contributed by atoms with Crippen molar-refractivity contribution in [2.45, 2.75) is 33.6 Å². The molecule has 1 aliphatic rings. The van der Waals surface area contributed by atoms with E-state index in [2.05, 4.69) is 0 Å². The summed E-state index contributed by atoms with van der Waals surface area (Å²) in [4.78, 5) is 22.2. The van der Waals surface area contributed by atoms with Crippen molar-refractivity contribution in [1.29, 1.82) is 0 Å². The fourth-order valence-corrected chi connectivity index (χ4v) is 2.23. The van der Waals surface area contributed by atoms with E-state index in [-0.39, 0.29) is 23.0 Å². The van der Waals surface area contributed by atoms with E-state index in [1.54, 1.807) is 6.08 Å². The lowest BCUT2D eigenvalue weighted by Gasteiger charge is -2.37. The molecule has 1 atom stereocenters. The molecule has 0 radical (unpaired) electrons. The second-order valence-corrected chi connectivity index (χ2v) is 4.74. The maximum Gasteiger partial charge on any atom is 0.218 e. The molecule has 0 aromatic rings. The highest BCUT2D eigenvalue weighted by molar-refractivity contribution is 5.92. The fourth-order valence-electron chi connectivity index (χ4n) is 2.23. The van der Waals surface area contributed by atoms with Crippen LogP contribution >= 0.6 is 0 Å². The van der Waals surface area contributed by atoms with Gasteiger partial charge in [0.1, 0.15) is 0 Å². The van der Waals surface area contributed by atoms with Gasteiger partial charge in [0, 0.05) is 12.8 Å². The Kier molecular flexibility index (Phi) is 2.79. The first-order valence-electron chi connectivity index (χ1n) is 4.82. The van der Waals surface area contributed by atoms with Crippen molar-refractivity contribution in [3.8, 4) is 0 Å². The molecule has 0 bridgehead atoms. The molecule has 2 N–H and O–H groups in total. The minimum atomic E-state index is -0.301. The van der Waals surface area contributed by atoms with Gasteiger partial charge in [0.05, 0.1) is 0 Å². The second-order valence-electron chi connectivity index (χ2n) is 4.74. The molecule has 3 heteroatoms. The van der Waals surface area contributed by atoms with Crippen LogP contribution in [-0.2, 0) is 9.59 Å². The van der Waals surface area contributed by atoms with E-state index in [0.29, 0.717) is 12.8 Å². The van der Waals surface area contributed by atoms with E-state index in [9.17, 15) is 9.59 Å². The molecule has 0 aliphatic heterocycles. The molecule has 0 fully saturated rings. The summed E-state index contributed by atoms with van der Waals surface area (Å²) >= 11 is 0. The normalized spacial score (nSPS) is 25.8. The van der Waals surface area contributed by atoms with Crippen molar-refractivity contribution in [3.63, 3.8) is 0 Å². The Hall–Kier alpha value is -1.12. The van der Waals surface area contributed by atoms with Gasteiger partial charge in [-0.1, -0.05) is 19.4 Å². The molecular formula is C11H17NO2. The van der Waals surface area contributed by atoms with Crippen LogP contribution in [0.3, 0.4) is 0 Å². The minimum absolute atomic E-state index is 0.109. The van der Waals surface area contributed by atoms with Gasteiger partial charge in [0.2, 0.25) is 5.91 Å². The summed E-state index contributed by atoms with van der Waals surface area (Å²) in [6, 6.07) is 0. The Morgan fingerprint density at radius 2 is 2.21 bits per heavy atom. The molecule has 0 aromatic carbocycles. The summed E-state index contributed by atoms with van der Waals surface area (Å²) in [5.41, 5.74) is 6.02. The predicted molar refractivity (Wildman–Crippen MR) is 54.5 cm³/mol. The number of rotatable bonds is 2. The van der Waals surface area contributed by atoms with Crippen molar-refractivity contribution in [3.05, 3.63) is 11.6 Å². The first-order chi connectivity index (χ1) is 6.33. The molecule has 1 rings (SSSR count). The Balaban J connectivity index is 2.94. The fraction of sp³-hybridized carbons (Fsp3) is 0.636. The van der Waals surface area contributed by atoms with Crippen LogP contribution in [0.25, 0.3) is 0 Å². The third-order valence-corrected chi connectivity index (χ3v) is 2.92. The Morgan fingerprint density at radius 1 is 1.64 bits per heavy atom. The molecule has 0 unspecified atom stereocenters. The van der Waals surface area contributed by atoms with Crippen LogP contribution < -0.4 is 5.73 Å². The van der Waals surface area contributed by atoms with Crippen molar-refractivity contribution < 1.29 is 9.59 Å². The monoisotopic (exact) mass is 195 g/mol. The van der Waals surface area contributed by atoms with Crippen molar-refractivity contribution in [2.24, 2.45) is 17.1 Å². The molecule has 0 aromatic heterocycles. The molecule has 0 saturated heterocycles. The lowest BCUT2D eigenvalue weighted by Crippen LogP contribution is -2.34. The van der Waals surface area contributed by atoms with E-state index < -0.39 is 0 Å². The number of hydrogen-bond acceptors (Lipinski definition) is 2. The largest absolute Gasteiger partial charge is 0.370 e. The average molecular weight is 195 g/mol. The average Bonchev–Trinajstić information content (AvgIpc) is 1.95. The van der Waals surface area contributed by atoms with Gasteiger partial charge >= 0.3 is 0 Å². The lowest BCUT2D eigenvalue weighted by atomic mass is 9.67. The minimum Gasteiger partial charge on any atom is -0.370 e. The SMILES string of the molecule is CC1=CC(=O)CC(C)(C)[C@@H]1CC(N)=O. The van der Waals surface area contributed by atoms with Crippen LogP contribution in [-0.4, -0.2) is 11.7 Å². The van der Waals surface area contributed by atoms with Crippen LogP contribution in [0.4, 0.5) is 0 Å². The van der Waals surface area contributed by atoms with Crippen molar-refractivity contribution >= 4 is 11.7 Å². The standard InChI is InChI=1S/C11H17NO2/c1-7-4-8(13)6-11(2,3)9(7)5-10(12)14/h4,9H,5-6H2,1-3H3,(H2,12,14)/t9-/m1/s1. The zero-order valence-corrected chi connectivity index (χ0v) is 8.96. The molecule has 1 amide bonds. The number of ketones is 1. The summed E-state index contributed by atoms with van der Waals surface area (Å²) in [5.74, 6) is -0.0453. The van der Waals surface area contributed by atoms with Gasteiger partial charge in [-0.05, 0) is 24.3 Å². The van der Waals surface area contributed by atoms with E-state index in [4.69, 9.17) is 5.73 Å². The highest BCUT2D eigenvalue weighted by Gasteiger charge is 2.36. The van der Waals surface area contributed by atoms with E-state index in [1.165, 1.54) is 0 Å². The van der Waals surface area contributed by atoms with Crippen molar-refractivity contribution in [2.75, 3.05) is 0 Å². The molecule has 1 aliphatic carbocycles. The van der Waals surface area contributed by atoms with Gasteiger partial charge in [-0.15, -0.1) is 0 Å². The van der Waals surface area contributed by atoms with E-state index in [0.717, 1.165) is 5.57 Å². The smallest absolute Gasteiger partial charge is 0.218 e. The number of carbonyl (C=O) groups excluding carboxylic acids is 2. The summed E-state index contributed by atoms with van der Waals surface area (Å²) in [6.07, 6.45) is 2.48. The highest BCUT2D eigenvalue weighted by atomic mass is 16.1. The van der Waals surface area contributed by atoms with Gasteiger partial charge in [-0.3, -0.25) is 9.59 Å².